The van der Waals surface area contributed by atoms with Crippen molar-refractivity contribution in [3.05, 3.63) is 40.9 Å². The van der Waals surface area contributed by atoms with Crippen LogP contribution < -0.4 is 4.74 Å². The number of ketones is 1. The van der Waals surface area contributed by atoms with Crippen LogP contribution in [-0.2, 0) is 12.7 Å². The Bertz CT molecular complexity index is 1050. The molecule has 146 valence electrons. The third-order valence-electron chi connectivity index (χ3n) is 3.09. The average molecular weight is 418 g/mol. The molecule has 0 atom stereocenters. The van der Waals surface area contributed by atoms with E-state index in [1.54, 1.807) is 0 Å². The standard InChI is InChI=1S/C13H7ClF3N7O4/c14-6-2-1-3-18-10(6)24-9(28-12(26)27)4-7(20-24)8(25)5-23-21-11(19-22-23)13(15,16)17/h1-4H,5H2,(H,26,27). The first-order valence-corrected chi connectivity index (χ1v) is 7.53. The van der Waals surface area contributed by atoms with Crippen LogP contribution in [0.15, 0.2) is 24.4 Å². The minimum absolute atomic E-state index is 0.0299. The molecule has 1 N–H and O–H groups in total. The molecule has 0 aliphatic heterocycles. The van der Waals surface area contributed by atoms with Gasteiger partial charge < -0.3 is 9.84 Å². The van der Waals surface area contributed by atoms with E-state index < -0.39 is 36.4 Å². The third-order valence-corrected chi connectivity index (χ3v) is 3.38. The first-order chi connectivity index (χ1) is 13.1. The molecule has 0 bridgehead atoms. The highest BCUT2D eigenvalue weighted by molar-refractivity contribution is 6.32. The average Bonchev–Trinajstić information content (AvgIpc) is 3.22. The lowest BCUT2D eigenvalue weighted by atomic mass is 10.3. The maximum atomic E-state index is 12.5. The number of halogens is 4. The summed E-state index contributed by atoms with van der Waals surface area (Å²) in [4.78, 5) is 27.5. The number of tetrazole rings is 1. The Morgan fingerprint density at radius 1 is 1.29 bits per heavy atom. The number of nitrogens with zero attached hydrogens (tertiary/aromatic N) is 7. The Hall–Kier alpha value is -3.55. The van der Waals surface area contributed by atoms with Gasteiger partial charge in [0.15, 0.2) is 5.82 Å². The molecule has 0 radical (unpaired) electrons. The molecule has 0 saturated heterocycles. The van der Waals surface area contributed by atoms with Crippen LogP contribution in [0.25, 0.3) is 5.82 Å². The molecule has 0 aliphatic rings. The van der Waals surface area contributed by atoms with Crippen LogP contribution >= 0.6 is 11.6 Å². The second-order valence-corrected chi connectivity index (χ2v) is 5.43. The largest absolute Gasteiger partial charge is 0.512 e. The van der Waals surface area contributed by atoms with E-state index in [0.717, 1.165) is 10.7 Å². The highest BCUT2D eigenvalue weighted by Gasteiger charge is 2.37. The number of hydrogen-bond acceptors (Lipinski definition) is 8. The van der Waals surface area contributed by atoms with Gasteiger partial charge >= 0.3 is 12.3 Å². The number of ether oxygens (including phenoxy) is 1. The number of hydrogen-bond donors (Lipinski definition) is 1. The maximum Gasteiger partial charge on any atom is 0.512 e. The van der Waals surface area contributed by atoms with Gasteiger partial charge in [-0.25, -0.2) is 9.78 Å². The summed E-state index contributed by atoms with van der Waals surface area (Å²) >= 11 is 5.98. The van der Waals surface area contributed by atoms with Crippen molar-refractivity contribution in [2.24, 2.45) is 0 Å². The van der Waals surface area contributed by atoms with E-state index in [0.29, 0.717) is 4.80 Å². The molecule has 28 heavy (non-hydrogen) atoms. The Kier molecular flexibility index (Phi) is 4.96. The first kappa shape index (κ1) is 19.2. The van der Waals surface area contributed by atoms with Gasteiger partial charge in [0, 0.05) is 12.3 Å². The Morgan fingerprint density at radius 2 is 2.04 bits per heavy atom. The predicted molar refractivity (Wildman–Crippen MR) is 82.2 cm³/mol. The summed E-state index contributed by atoms with van der Waals surface area (Å²) in [7, 11) is 0. The first-order valence-electron chi connectivity index (χ1n) is 7.15. The van der Waals surface area contributed by atoms with Crippen LogP contribution in [0.1, 0.15) is 16.3 Å². The summed E-state index contributed by atoms with van der Waals surface area (Å²) in [5.41, 5.74) is -0.344. The molecule has 3 heterocycles. The van der Waals surface area contributed by atoms with Crippen molar-refractivity contribution in [3.8, 4) is 11.7 Å². The SMILES string of the molecule is O=C(O)Oc1cc(C(=O)Cn2nnc(C(F)(F)F)n2)nn1-c1ncccc1Cl. The summed E-state index contributed by atoms with van der Waals surface area (Å²) in [6.45, 7) is -0.734. The lowest BCUT2D eigenvalue weighted by Gasteiger charge is -2.05. The van der Waals surface area contributed by atoms with E-state index in [2.05, 4.69) is 30.2 Å². The highest BCUT2D eigenvalue weighted by atomic mass is 35.5. The van der Waals surface area contributed by atoms with Crippen molar-refractivity contribution in [1.29, 1.82) is 0 Å². The highest BCUT2D eigenvalue weighted by Crippen LogP contribution is 2.26. The van der Waals surface area contributed by atoms with Gasteiger partial charge in [-0.3, -0.25) is 4.79 Å². The molecule has 3 aromatic rings. The molecule has 0 fully saturated rings. The van der Waals surface area contributed by atoms with Crippen molar-refractivity contribution in [1.82, 2.24) is 35.0 Å². The molecule has 11 nitrogen and oxygen atoms in total. The number of carbonyl (C=O) groups is 2. The number of aromatic nitrogens is 7. The van der Waals surface area contributed by atoms with Gasteiger partial charge in [-0.1, -0.05) is 11.6 Å². The van der Waals surface area contributed by atoms with Crippen molar-refractivity contribution in [2.75, 3.05) is 0 Å². The monoisotopic (exact) mass is 417 g/mol. The summed E-state index contributed by atoms with van der Waals surface area (Å²) in [6.07, 6.45) is -5.17. The van der Waals surface area contributed by atoms with E-state index in [4.69, 9.17) is 16.7 Å². The number of carbonyl (C=O) groups excluding carboxylic acids is 1. The van der Waals surface area contributed by atoms with E-state index >= 15 is 0 Å². The molecular formula is C13H7ClF3N7O4. The zero-order chi connectivity index (χ0) is 20.5. The Labute approximate surface area is 157 Å². The quantitative estimate of drug-likeness (QED) is 0.486. The van der Waals surface area contributed by atoms with Crippen LogP contribution in [0.4, 0.5) is 18.0 Å². The van der Waals surface area contributed by atoms with E-state index in [1.807, 2.05) is 0 Å². The molecular weight excluding hydrogens is 411 g/mol. The van der Waals surface area contributed by atoms with Gasteiger partial charge in [-0.15, -0.1) is 10.2 Å². The molecule has 3 aromatic heterocycles. The van der Waals surface area contributed by atoms with Gasteiger partial charge in [-0.05, 0) is 17.3 Å². The summed E-state index contributed by atoms with van der Waals surface area (Å²) in [5, 5.41) is 21.8. The molecule has 0 unspecified atom stereocenters. The van der Waals surface area contributed by atoms with E-state index in [9.17, 15) is 22.8 Å². The fourth-order valence-electron chi connectivity index (χ4n) is 1.98. The van der Waals surface area contributed by atoms with Gasteiger partial charge in [0.05, 0.1) is 5.02 Å². The van der Waals surface area contributed by atoms with Crippen molar-refractivity contribution in [3.63, 3.8) is 0 Å². The molecule has 0 aliphatic carbocycles. The van der Waals surface area contributed by atoms with Crippen LogP contribution in [-0.4, -0.2) is 52.0 Å². The molecule has 0 amide bonds. The maximum absolute atomic E-state index is 12.5. The van der Waals surface area contributed by atoms with E-state index in [-0.39, 0.29) is 16.5 Å². The summed E-state index contributed by atoms with van der Waals surface area (Å²) in [5.74, 6) is -2.79. The number of Topliss-reactive ketones (excluding diaryl/α,β-unsaturated/α-hetero) is 1. The van der Waals surface area contributed by atoms with Gasteiger partial charge in [0.1, 0.15) is 12.2 Å². The number of pyridine rings is 1. The van der Waals surface area contributed by atoms with Crippen molar-refractivity contribution < 1.29 is 32.6 Å². The zero-order valence-electron chi connectivity index (χ0n) is 13.3. The molecule has 3 rings (SSSR count). The Morgan fingerprint density at radius 3 is 2.64 bits per heavy atom. The normalized spacial score (nSPS) is 11.4. The van der Waals surface area contributed by atoms with Crippen molar-refractivity contribution >= 4 is 23.5 Å². The second kappa shape index (κ2) is 7.22. The van der Waals surface area contributed by atoms with Gasteiger partial charge in [0.25, 0.3) is 5.82 Å². The zero-order valence-corrected chi connectivity index (χ0v) is 14.1. The van der Waals surface area contributed by atoms with Crippen LogP contribution in [0.5, 0.6) is 5.88 Å². The lowest BCUT2D eigenvalue weighted by molar-refractivity contribution is -0.145. The molecule has 15 heteroatoms. The molecule has 0 saturated carbocycles. The smallest absolute Gasteiger partial charge is 0.449 e. The lowest BCUT2D eigenvalue weighted by Crippen LogP contribution is -2.15. The minimum Gasteiger partial charge on any atom is -0.449 e. The summed E-state index contributed by atoms with van der Waals surface area (Å²) in [6, 6.07) is 3.91. The molecule has 0 aromatic carbocycles. The topological polar surface area (TPSA) is 138 Å². The van der Waals surface area contributed by atoms with Gasteiger partial charge in [0.2, 0.25) is 11.7 Å². The fourth-order valence-corrected chi connectivity index (χ4v) is 2.18. The third kappa shape index (κ3) is 4.06. The van der Waals surface area contributed by atoms with Crippen LogP contribution in [0.3, 0.4) is 0 Å². The number of alkyl halides is 3. The number of rotatable bonds is 5. The second-order valence-electron chi connectivity index (χ2n) is 5.02. The Balaban J connectivity index is 1.91. The summed E-state index contributed by atoms with van der Waals surface area (Å²) < 4.78 is 42.9. The van der Waals surface area contributed by atoms with Gasteiger partial charge in [-0.2, -0.15) is 27.7 Å². The van der Waals surface area contributed by atoms with Crippen molar-refractivity contribution in [2.45, 2.75) is 12.7 Å². The van der Waals surface area contributed by atoms with Crippen LogP contribution in [0.2, 0.25) is 5.02 Å². The van der Waals surface area contributed by atoms with E-state index in [1.165, 1.54) is 18.3 Å². The number of carboxylic acid groups (broad SMARTS) is 1. The fraction of sp³-hybridized carbons (Fsp3) is 0.154. The predicted octanol–water partition coefficient (Wildman–Crippen LogP) is 1.87. The van der Waals surface area contributed by atoms with Crippen LogP contribution in [0, 0.1) is 0 Å². The molecule has 0 spiro atoms. The minimum atomic E-state index is -4.82.